The van der Waals surface area contributed by atoms with Crippen molar-refractivity contribution in [3.63, 3.8) is 0 Å². The highest BCUT2D eigenvalue weighted by atomic mass is 14.7. The van der Waals surface area contributed by atoms with Gasteiger partial charge in [-0.3, -0.25) is 0 Å². The van der Waals surface area contributed by atoms with Gasteiger partial charge in [0.05, 0.1) is 0 Å². The van der Waals surface area contributed by atoms with Gasteiger partial charge in [-0.15, -0.1) is 0 Å². The largest absolute Gasteiger partial charge is 0.361 e. The summed E-state index contributed by atoms with van der Waals surface area (Å²) in [7, 11) is 0. The van der Waals surface area contributed by atoms with Crippen LogP contribution in [0.1, 0.15) is 31.9 Å². The Morgan fingerprint density at radius 1 is 1.33 bits per heavy atom. The number of aromatic nitrogens is 1. The van der Waals surface area contributed by atoms with Crippen molar-refractivity contribution in [1.29, 1.82) is 0 Å². The van der Waals surface area contributed by atoms with Gasteiger partial charge in [0.25, 0.3) is 0 Å². The number of rotatable bonds is 3. The van der Waals surface area contributed by atoms with E-state index in [1.807, 2.05) is 6.20 Å². The van der Waals surface area contributed by atoms with Crippen molar-refractivity contribution in [2.75, 3.05) is 0 Å². The van der Waals surface area contributed by atoms with E-state index < -0.39 is 0 Å². The minimum absolute atomic E-state index is 0.134. The maximum absolute atomic E-state index is 6.26. The van der Waals surface area contributed by atoms with Gasteiger partial charge in [0.2, 0.25) is 0 Å². The lowest BCUT2D eigenvalue weighted by Gasteiger charge is -2.19. The third-order valence-corrected chi connectivity index (χ3v) is 3.24. The molecule has 0 aliphatic rings. The van der Waals surface area contributed by atoms with Crippen LogP contribution in [0.2, 0.25) is 0 Å². The molecule has 0 amide bonds. The number of hydrogen-bond donors (Lipinski definition) is 2. The first-order chi connectivity index (χ1) is 7.24. The van der Waals surface area contributed by atoms with Crippen LogP contribution >= 0.6 is 0 Å². The molecular weight excluding hydrogens is 184 g/mol. The lowest BCUT2D eigenvalue weighted by Crippen LogP contribution is -2.18. The Labute approximate surface area is 90.5 Å². The van der Waals surface area contributed by atoms with Gasteiger partial charge < -0.3 is 10.7 Å². The van der Waals surface area contributed by atoms with E-state index in [1.165, 1.54) is 16.5 Å². The molecular formula is C13H18N2. The highest BCUT2D eigenvalue weighted by molar-refractivity contribution is 5.83. The SMILES string of the molecule is CCC(C)[C@H](N)c1cccc2[nH]ccc12. The highest BCUT2D eigenvalue weighted by Crippen LogP contribution is 2.27. The molecule has 1 heterocycles. The number of nitrogens with one attached hydrogen (secondary N) is 1. The summed E-state index contributed by atoms with van der Waals surface area (Å²) >= 11 is 0. The second-order valence-electron chi connectivity index (χ2n) is 4.20. The van der Waals surface area contributed by atoms with Gasteiger partial charge in [-0.25, -0.2) is 0 Å². The Bertz CT molecular complexity index is 444. The van der Waals surface area contributed by atoms with Crippen LogP contribution in [0.4, 0.5) is 0 Å². The van der Waals surface area contributed by atoms with Crippen molar-refractivity contribution in [3.05, 3.63) is 36.0 Å². The van der Waals surface area contributed by atoms with Gasteiger partial charge >= 0.3 is 0 Å². The molecule has 2 atom stereocenters. The molecule has 1 aromatic carbocycles. The summed E-state index contributed by atoms with van der Waals surface area (Å²) in [6.45, 7) is 4.39. The van der Waals surface area contributed by atoms with E-state index in [-0.39, 0.29) is 6.04 Å². The monoisotopic (exact) mass is 202 g/mol. The number of benzene rings is 1. The molecule has 0 spiro atoms. The molecule has 1 aromatic heterocycles. The first-order valence-electron chi connectivity index (χ1n) is 5.55. The number of hydrogen-bond acceptors (Lipinski definition) is 1. The number of H-pyrrole nitrogens is 1. The Hall–Kier alpha value is -1.28. The summed E-state index contributed by atoms with van der Waals surface area (Å²) in [5, 5.41) is 1.25. The lowest BCUT2D eigenvalue weighted by molar-refractivity contribution is 0.459. The molecule has 0 fully saturated rings. The van der Waals surface area contributed by atoms with Crippen LogP contribution in [0, 0.1) is 5.92 Å². The highest BCUT2D eigenvalue weighted by Gasteiger charge is 2.15. The maximum Gasteiger partial charge on any atom is 0.0457 e. The van der Waals surface area contributed by atoms with Crippen molar-refractivity contribution in [3.8, 4) is 0 Å². The average Bonchev–Trinajstić information content (AvgIpc) is 2.74. The topological polar surface area (TPSA) is 41.8 Å². The normalized spacial score (nSPS) is 15.4. The molecule has 15 heavy (non-hydrogen) atoms. The minimum Gasteiger partial charge on any atom is -0.361 e. The van der Waals surface area contributed by atoms with Gasteiger partial charge in [0.15, 0.2) is 0 Å². The quantitative estimate of drug-likeness (QED) is 0.788. The van der Waals surface area contributed by atoms with Gasteiger partial charge in [-0.05, 0) is 23.6 Å². The standard InChI is InChI=1S/C13H18N2/c1-3-9(2)13(14)11-5-4-6-12-10(11)7-8-15-12/h4-9,13,15H,3,14H2,1-2H3/t9?,13-/m0/s1. The van der Waals surface area contributed by atoms with E-state index in [2.05, 4.69) is 43.1 Å². The molecule has 2 rings (SSSR count). The van der Waals surface area contributed by atoms with Crippen molar-refractivity contribution < 1.29 is 0 Å². The van der Waals surface area contributed by atoms with Crippen LogP contribution in [-0.4, -0.2) is 4.98 Å². The fraction of sp³-hybridized carbons (Fsp3) is 0.385. The Kier molecular flexibility index (Phi) is 2.78. The van der Waals surface area contributed by atoms with Crippen LogP contribution in [0.3, 0.4) is 0 Å². The van der Waals surface area contributed by atoms with Crippen LogP contribution in [0.5, 0.6) is 0 Å². The summed E-state index contributed by atoms with van der Waals surface area (Å²) in [5.74, 6) is 0.519. The van der Waals surface area contributed by atoms with Crippen LogP contribution in [0.15, 0.2) is 30.5 Å². The predicted octanol–water partition coefficient (Wildman–Crippen LogP) is 3.21. The van der Waals surface area contributed by atoms with Crippen LogP contribution < -0.4 is 5.73 Å². The fourth-order valence-corrected chi connectivity index (χ4v) is 1.96. The molecule has 3 N–H and O–H groups in total. The average molecular weight is 202 g/mol. The summed E-state index contributed by atoms with van der Waals surface area (Å²) in [5.41, 5.74) is 8.69. The Morgan fingerprint density at radius 2 is 2.13 bits per heavy atom. The molecule has 0 saturated carbocycles. The number of nitrogens with two attached hydrogens (primary N) is 1. The first kappa shape index (κ1) is 10.2. The number of aromatic amines is 1. The molecule has 2 aromatic rings. The van der Waals surface area contributed by atoms with E-state index >= 15 is 0 Å². The van der Waals surface area contributed by atoms with Gasteiger partial charge in [-0.2, -0.15) is 0 Å². The summed E-state index contributed by atoms with van der Waals surface area (Å²) in [4.78, 5) is 3.22. The second kappa shape index (κ2) is 4.07. The smallest absolute Gasteiger partial charge is 0.0457 e. The first-order valence-corrected chi connectivity index (χ1v) is 5.55. The molecule has 0 aliphatic carbocycles. The van der Waals surface area contributed by atoms with Crippen molar-refractivity contribution in [2.45, 2.75) is 26.3 Å². The number of fused-ring (bicyclic) bond motifs is 1. The third-order valence-electron chi connectivity index (χ3n) is 3.24. The van der Waals surface area contributed by atoms with Gasteiger partial charge in [-0.1, -0.05) is 32.4 Å². The van der Waals surface area contributed by atoms with Crippen molar-refractivity contribution in [1.82, 2.24) is 4.98 Å². The van der Waals surface area contributed by atoms with E-state index in [0.717, 1.165) is 6.42 Å². The molecule has 0 radical (unpaired) electrons. The zero-order valence-electron chi connectivity index (χ0n) is 9.33. The van der Waals surface area contributed by atoms with E-state index in [1.54, 1.807) is 0 Å². The van der Waals surface area contributed by atoms with Crippen molar-refractivity contribution >= 4 is 10.9 Å². The fourth-order valence-electron chi connectivity index (χ4n) is 1.96. The Balaban J connectivity index is 2.46. The molecule has 2 heteroatoms. The summed E-state index contributed by atoms with van der Waals surface area (Å²) in [6.07, 6.45) is 3.08. The van der Waals surface area contributed by atoms with Gasteiger partial charge in [0.1, 0.15) is 0 Å². The van der Waals surface area contributed by atoms with Gasteiger partial charge in [0, 0.05) is 23.1 Å². The van der Waals surface area contributed by atoms with Crippen LogP contribution in [-0.2, 0) is 0 Å². The predicted molar refractivity (Wildman–Crippen MR) is 64.7 cm³/mol. The molecule has 0 bridgehead atoms. The third kappa shape index (κ3) is 1.77. The van der Waals surface area contributed by atoms with Crippen LogP contribution in [0.25, 0.3) is 10.9 Å². The summed E-state index contributed by atoms with van der Waals surface area (Å²) < 4.78 is 0. The second-order valence-corrected chi connectivity index (χ2v) is 4.20. The molecule has 2 nitrogen and oxygen atoms in total. The maximum atomic E-state index is 6.26. The lowest BCUT2D eigenvalue weighted by atomic mass is 9.91. The molecule has 0 saturated heterocycles. The molecule has 1 unspecified atom stereocenters. The Morgan fingerprint density at radius 3 is 2.87 bits per heavy atom. The molecule has 0 aliphatic heterocycles. The van der Waals surface area contributed by atoms with E-state index in [4.69, 9.17) is 5.73 Å². The molecule has 80 valence electrons. The van der Waals surface area contributed by atoms with E-state index in [9.17, 15) is 0 Å². The van der Waals surface area contributed by atoms with E-state index in [0.29, 0.717) is 5.92 Å². The summed E-state index contributed by atoms with van der Waals surface area (Å²) in [6, 6.07) is 8.52. The van der Waals surface area contributed by atoms with Crippen molar-refractivity contribution in [2.24, 2.45) is 11.7 Å². The zero-order chi connectivity index (χ0) is 10.8. The minimum atomic E-state index is 0.134. The zero-order valence-corrected chi connectivity index (χ0v) is 9.33.